The molecule has 2 rings (SSSR count). The minimum atomic E-state index is 0.448. The summed E-state index contributed by atoms with van der Waals surface area (Å²) in [6.07, 6.45) is 4.58. The smallest absolute Gasteiger partial charge is 0.139 e. The third kappa shape index (κ3) is 2.10. The number of ether oxygens (including phenoxy) is 1. The molecule has 0 aromatic carbocycles. The van der Waals surface area contributed by atoms with Crippen LogP contribution in [-0.4, -0.2) is 11.1 Å². The number of rotatable bonds is 2. The van der Waals surface area contributed by atoms with Crippen LogP contribution < -0.4 is 4.74 Å². The topological polar surface area (TPSA) is 22.1 Å². The summed E-state index contributed by atoms with van der Waals surface area (Å²) in [5, 5.41) is 0. The van der Waals surface area contributed by atoms with Crippen LogP contribution in [0.15, 0.2) is 16.9 Å². The van der Waals surface area contributed by atoms with Crippen LogP contribution in [0.4, 0.5) is 0 Å². The number of pyridine rings is 1. The Morgan fingerprint density at radius 2 is 2.33 bits per heavy atom. The monoisotopic (exact) mass is 339 g/mol. The van der Waals surface area contributed by atoms with E-state index in [1.165, 1.54) is 12.8 Å². The molecule has 0 spiro atoms. The Morgan fingerprint density at radius 3 is 2.92 bits per heavy atom. The third-order valence-corrected chi connectivity index (χ3v) is 3.79. The van der Waals surface area contributed by atoms with Crippen molar-refractivity contribution in [3.05, 3.63) is 20.4 Å². The van der Waals surface area contributed by atoms with Gasteiger partial charge in [0, 0.05) is 3.57 Å². The maximum Gasteiger partial charge on any atom is 0.139 e. The lowest BCUT2D eigenvalue weighted by molar-refractivity contribution is 0.301. The highest BCUT2D eigenvalue weighted by Crippen LogP contribution is 2.28. The van der Waals surface area contributed by atoms with Gasteiger partial charge in [-0.15, -0.1) is 0 Å². The van der Waals surface area contributed by atoms with Gasteiger partial charge < -0.3 is 4.74 Å². The molecule has 0 aliphatic heterocycles. The van der Waals surface area contributed by atoms with Gasteiger partial charge in [0.15, 0.2) is 0 Å². The second-order valence-electron chi connectivity index (χ2n) is 2.76. The molecule has 1 saturated carbocycles. The number of halogens is 2. The molecule has 4 heteroatoms. The molecule has 12 heavy (non-hydrogen) atoms. The van der Waals surface area contributed by atoms with Crippen LogP contribution in [0, 0.1) is 3.57 Å². The van der Waals surface area contributed by atoms with Crippen molar-refractivity contribution in [2.75, 3.05) is 0 Å². The number of hydrogen-bond acceptors (Lipinski definition) is 2. The van der Waals surface area contributed by atoms with E-state index in [4.69, 9.17) is 4.74 Å². The van der Waals surface area contributed by atoms with Crippen molar-refractivity contribution in [1.82, 2.24) is 4.98 Å². The van der Waals surface area contributed by atoms with E-state index in [9.17, 15) is 0 Å². The molecule has 64 valence electrons. The molecule has 1 aliphatic rings. The van der Waals surface area contributed by atoms with Crippen molar-refractivity contribution in [3.63, 3.8) is 0 Å². The lowest BCUT2D eigenvalue weighted by atomic mass is 10.5. The van der Waals surface area contributed by atoms with Crippen LogP contribution in [0.5, 0.6) is 5.75 Å². The first-order valence-electron chi connectivity index (χ1n) is 3.73. The SMILES string of the molecule is Brc1ncc(OC2CC2)cc1I. The molecule has 0 N–H and O–H groups in total. The van der Waals surface area contributed by atoms with Gasteiger partial charge in [-0.1, -0.05) is 0 Å². The molecule has 1 aliphatic carbocycles. The lowest BCUT2D eigenvalue weighted by Crippen LogP contribution is -1.96. The van der Waals surface area contributed by atoms with E-state index in [1.54, 1.807) is 6.20 Å². The van der Waals surface area contributed by atoms with E-state index in [-0.39, 0.29) is 0 Å². The fourth-order valence-corrected chi connectivity index (χ4v) is 1.51. The first kappa shape index (κ1) is 8.74. The van der Waals surface area contributed by atoms with E-state index in [1.807, 2.05) is 6.07 Å². The van der Waals surface area contributed by atoms with E-state index in [0.29, 0.717) is 6.10 Å². The molecule has 0 radical (unpaired) electrons. The van der Waals surface area contributed by atoms with Crippen LogP contribution in [-0.2, 0) is 0 Å². The molecule has 1 fully saturated rings. The highest BCUT2D eigenvalue weighted by molar-refractivity contribution is 14.1. The van der Waals surface area contributed by atoms with Gasteiger partial charge in [-0.25, -0.2) is 4.98 Å². The van der Waals surface area contributed by atoms with Gasteiger partial charge in [0.2, 0.25) is 0 Å². The van der Waals surface area contributed by atoms with E-state index in [0.717, 1.165) is 13.9 Å². The average Bonchev–Trinajstić information content (AvgIpc) is 2.81. The third-order valence-electron chi connectivity index (χ3n) is 1.60. The Balaban J connectivity index is 2.15. The van der Waals surface area contributed by atoms with Gasteiger partial charge >= 0.3 is 0 Å². The van der Waals surface area contributed by atoms with Crippen LogP contribution >= 0.6 is 38.5 Å². The summed E-state index contributed by atoms with van der Waals surface area (Å²) in [4.78, 5) is 4.14. The zero-order valence-electron chi connectivity index (χ0n) is 6.26. The summed E-state index contributed by atoms with van der Waals surface area (Å²) < 4.78 is 7.54. The minimum absolute atomic E-state index is 0.448. The van der Waals surface area contributed by atoms with Gasteiger partial charge in [0.25, 0.3) is 0 Å². The molecule has 0 bridgehead atoms. The Kier molecular flexibility index (Phi) is 2.55. The molecular formula is C8H7BrINO. The fraction of sp³-hybridized carbons (Fsp3) is 0.375. The van der Waals surface area contributed by atoms with Crippen LogP contribution in [0.2, 0.25) is 0 Å². The van der Waals surface area contributed by atoms with Crippen molar-refractivity contribution >= 4 is 38.5 Å². The molecule has 2 nitrogen and oxygen atoms in total. The molecule has 1 aromatic heterocycles. The quantitative estimate of drug-likeness (QED) is 0.610. The highest BCUT2D eigenvalue weighted by atomic mass is 127. The molecule has 0 atom stereocenters. The maximum atomic E-state index is 5.57. The first-order valence-corrected chi connectivity index (χ1v) is 5.60. The maximum absolute atomic E-state index is 5.57. The van der Waals surface area contributed by atoms with Gasteiger partial charge in [-0.05, 0) is 57.4 Å². The van der Waals surface area contributed by atoms with Gasteiger partial charge in [0.05, 0.1) is 12.3 Å². The lowest BCUT2D eigenvalue weighted by Gasteiger charge is -2.03. The van der Waals surface area contributed by atoms with Gasteiger partial charge in [-0.3, -0.25) is 0 Å². The summed E-state index contributed by atoms with van der Waals surface area (Å²) in [6.45, 7) is 0. The predicted molar refractivity (Wildman–Crippen MR) is 58.3 cm³/mol. The standard InChI is InChI=1S/C8H7BrINO/c9-8-7(10)3-6(4-11-8)12-5-1-2-5/h3-5H,1-2H2. The number of nitrogens with zero attached hydrogens (tertiary/aromatic N) is 1. The Morgan fingerprint density at radius 1 is 1.58 bits per heavy atom. The van der Waals surface area contributed by atoms with E-state index < -0.39 is 0 Å². The van der Waals surface area contributed by atoms with Crippen molar-refractivity contribution in [1.29, 1.82) is 0 Å². The fourth-order valence-electron chi connectivity index (χ4n) is 0.846. The largest absolute Gasteiger partial charge is 0.489 e. The molecule has 0 unspecified atom stereocenters. The summed E-state index contributed by atoms with van der Waals surface area (Å²) in [6, 6.07) is 2.00. The zero-order valence-corrected chi connectivity index (χ0v) is 10.0. The zero-order chi connectivity index (χ0) is 8.55. The second kappa shape index (κ2) is 3.49. The molecule has 0 amide bonds. The van der Waals surface area contributed by atoms with Crippen LogP contribution in [0.3, 0.4) is 0 Å². The summed E-state index contributed by atoms with van der Waals surface area (Å²) >= 11 is 5.56. The van der Waals surface area contributed by atoms with E-state index >= 15 is 0 Å². The van der Waals surface area contributed by atoms with Crippen LogP contribution in [0.25, 0.3) is 0 Å². The van der Waals surface area contributed by atoms with Crippen molar-refractivity contribution in [3.8, 4) is 5.75 Å². The predicted octanol–water partition coefficient (Wildman–Crippen LogP) is 2.99. The highest BCUT2D eigenvalue weighted by Gasteiger charge is 2.23. The first-order chi connectivity index (χ1) is 5.75. The summed E-state index contributed by atoms with van der Waals surface area (Å²) in [7, 11) is 0. The Hall–Kier alpha value is 0.160. The molecule has 1 aromatic rings. The summed E-state index contributed by atoms with van der Waals surface area (Å²) in [5.41, 5.74) is 0. The normalized spacial score (nSPS) is 16.2. The van der Waals surface area contributed by atoms with Gasteiger partial charge in [-0.2, -0.15) is 0 Å². The van der Waals surface area contributed by atoms with Crippen LogP contribution in [0.1, 0.15) is 12.8 Å². The van der Waals surface area contributed by atoms with Crippen molar-refractivity contribution in [2.45, 2.75) is 18.9 Å². The number of aromatic nitrogens is 1. The Labute approximate surface area is 93.0 Å². The second-order valence-corrected chi connectivity index (χ2v) is 4.67. The minimum Gasteiger partial charge on any atom is -0.489 e. The van der Waals surface area contributed by atoms with Crippen molar-refractivity contribution < 1.29 is 4.74 Å². The Bertz CT molecular complexity index is 301. The molecule has 0 saturated heterocycles. The van der Waals surface area contributed by atoms with Crippen molar-refractivity contribution in [2.24, 2.45) is 0 Å². The molecular weight excluding hydrogens is 333 g/mol. The number of hydrogen-bond donors (Lipinski definition) is 0. The molecule has 1 heterocycles. The summed E-state index contributed by atoms with van der Waals surface area (Å²) in [5.74, 6) is 0.880. The van der Waals surface area contributed by atoms with E-state index in [2.05, 4.69) is 43.5 Å². The average molecular weight is 340 g/mol. The van der Waals surface area contributed by atoms with Gasteiger partial charge in [0.1, 0.15) is 10.4 Å².